The summed E-state index contributed by atoms with van der Waals surface area (Å²) >= 11 is 0. The molecule has 3 aromatic rings. The molecule has 3 heteroatoms. The van der Waals surface area contributed by atoms with Crippen LogP contribution in [0.2, 0.25) is 0 Å². The van der Waals surface area contributed by atoms with Crippen LogP contribution >= 0.6 is 0 Å². The smallest absolute Gasteiger partial charge is 0.106 e. The van der Waals surface area contributed by atoms with Crippen LogP contribution in [0.4, 0.5) is 5.69 Å². The lowest BCUT2D eigenvalue weighted by molar-refractivity contribution is 0.769. The molecule has 0 aliphatic carbocycles. The number of para-hydroxylation sites is 1. The Morgan fingerprint density at radius 3 is 2.45 bits per heavy atom. The molecule has 1 heterocycles. The number of hydrogen-bond acceptors (Lipinski definition) is 2. The van der Waals surface area contributed by atoms with Gasteiger partial charge < -0.3 is 10.3 Å². The molecule has 0 saturated carbocycles. The first-order chi connectivity index (χ1) is 9.75. The first-order valence-electron chi connectivity index (χ1n) is 6.66. The molecule has 2 N–H and O–H groups in total. The lowest BCUT2D eigenvalue weighted by atomic mass is 10.1. The molecule has 20 heavy (non-hydrogen) atoms. The van der Waals surface area contributed by atoms with Crippen molar-refractivity contribution in [3.8, 4) is 11.3 Å². The van der Waals surface area contributed by atoms with Gasteiger partial charge in [-0.3, -0.25) is 0 Å². The van der Waals surface area contributed by atoms with Crippen LogP contribution in [0, 0.1) is 6.92 Å². The topological polar surface area (TPSA) is 43.8 Å². The molecule has 3 rings (SSSR count). The monoisotopic (exact) mass is 263 g/mol. The van der Waals surface area contributed by atoms with Crippen molar-refractivity contribution in [2.45, 2.75) is 13.5 Å². The Balaban J connectivity index is 2.04. The average molecular weight is 263 g/mol. The zero-order valence-electron chi connectivity index (χ0n) is 11.5. The van der Waals surface area contributed by atoms with Crippen LogP contribution in [-0.2, 0) is 6.54 Å². The number of aryl methyl sites for hydroxylation is 1. The van der Waals surface area contributed by atoms with E-state index < -0.39 is 0 Å². The van der Waals surface area contributed by atoms with Crippen LogP contribution in [-0.4, -0.2) is 9.55 Å². The first-order valence-corrected chi connectivity index (χ1v) is 6.66. The average Bonchev–Trinajstić information content (AvgIpc) is 2.82. The number of benzene rings is 2. The van der Waals surface area contributed by atoms with Crippen molar-refractivity contribution in [3.63, 3.8) is 0 Å². The number of nitrogens with two attached hydrogens (primary N) is 1. The molecule has 0 bridgehead atoms. The second-order valence-electron chi connectivity index (χ2n) is 4.85. The quantitative estimate of drug-likeness (QED) is 0.735. The van der Waals surface area contributed by atoms with Gasteiger partial charge in [-0.2, -0.15) is 0 Å². The second-order valence-corrected chi connectivity index (χ2v) is 4.85. The lowest BCUT2D eigenvalue weighted by Gasteiger charge is -2.12. The molecule has 100 valence electrons. The predicted octanol–water partition coefficient (Wildman–Crippen LogP) is 3.49. The second kappa shape index (κ2) is 5.21. The van der Waals surface area contributed by atoms with Crippen LogP contribution in [0.1, 0.15) is 11.4 Å². The molecule has 2 aromatic carbocycles. The minimum Gasteiger partial charge on any atom is -0.398 e. The highest BCUT2D eigenvalue weighted by Gasteiger charge is 2.11. The third kappa shape index (κ3) is 2.30. The van der Waals surface area contributed by atoms with Crippen LogP contribution in [0.3, 0.4) is 0 Å². The van der Waals surface area contributed by atoms with Crippen LogP contribution in [0.25, 0.3) is 11.3 Å². The molecule has 3 nitrogen and oxygen atoms in total. The Kier molecular flexibility index (Phi) is 3.25. The number of nitrogens with zero attached hydrogens (tertiary/aromatic N) is 2. The van der Waals surface area contributed by atoms with Crippen LogP contribution < -0.4 is 5.73 Å². The van der Waals surface area contributed by atoms with Crippen molar-refractivity contribution in [1.82, 2.24) is 9.55 Å². The molecule has 0 unspecified atom stereocenters. The maximum Gasteiger partial charge on any atom is 0.106 e. The Morgan fingerprint density at radius 1 is 1.00 bits per heavy atom. The van der Waals surface area contributed by atoms with Gasteiger partial charge >= 0.3 is 0 Å². The Labute approximate surface area is 118 Å². The van der Waals surface area contributed by atoms with E-state index in [1.165, 1.54) is 5.56 Å². The van der Waals surface area contributed by atoms with E-state index >= 15 is 0 Å². The molecule has 0 radical (unpaired) electrons. The van der Waals surface area contributed by atoms with Gasteiger partial charge in [0.15, 0.2) is 0 Å². The fourth-order valence-electron chi connectivity index (χ4n) is 2.38. The fraction of sp³-hybridized carbons (Fsp3) is 0.118. The highest BCUT2D eigenvalue weighted by Crippen LogP contribution is 2.27. The van der Waals surface area contributed by atoms with E-state index in [1.807, 2.05) is 43.5 Å². The molecule has 0 atom stereocenters. The Hall–Kier alpha value is -2.55. The molecule has 0 aliphatic rings. The van der Waals surface area contributed by atoms with Crippen molar-refractivity contribution in [2.75, 3.05) is 5.73 Å². The van der Waals surface area contributed by atoms with Gasteiger partial charge in [0, 0.05) is 17.8 Å². The summed E-state index contributed by atoms with van der Waals surface area (Å²) in [6.07, 6.45) is 1.89. The highest BCUT2D eigenvalue weighted by atomic mass is 15.1. The lowest BCUT2D eigenvalue weighted by Crippen LogP contribution is -2.05. The molecule has 1 aromatic heterocycles. The Bertz CT molecular complexity index is 714. The number of hydrogen-bond donors (Lipinski definition) is 1. The zero-order chi connectivity index (χ0) is 13.9. The number of rotatable bonds is 3. The van der Waals surface area contributed by atoms with E-state index in [4.69, 9.17) is 5.73 Å². The summed E-state index contributed by atoms with van der Waals surface area (Å²) in [7, 11) is 0. The summed E-state index contributed by atoms with van der Waals surface area (Å²) in [4.78, 5) is 4.44. The van der Waals surface area contributed by atoms with E-state index in [0.717, 1.165) is 29.3 Å². The number of nitrogen functional groups attached to an aromatic ring is 1. The standard InChI is InChI=1S/C17H17N3/c1-13-19-11-17(15-9-5-6-10-16(15)18)20(13)12-14-7-3-2-4-8-14/h2-11H,12,18H2,1H3. The molecular weight excluding hydrogens is 246 g/mol. The van der Waals surface area contributed by atoms with Crippen molar-refractivity contribution in [1.29, 1.82) is 0 Å². The molecule has 0 spiro atoms. The summed E-state index contributed by atoms with van der Waals surface area (Å²) in [5.41, 5.74) is 10.2. The van der Waals surface area contributed by atoms with Gasteiger partial charge in [0.25, 0.3) is 0 Å². The van der Waals surface area contributed by atoms with Gasteiger partial charge in [0.2, 0.25) is 0 Å². The van der Waals surface area contributed by atoms with Crippen molar-refractivity contribution < 1.29 is 0 Å². The summed E-state index contributed by atoms with van der Waals surface area (Å²) in [5, 5.41) is 0. The van der Waals surface area contributed by atoms with Gasteiger partial charge in [0.05, 0.1) is 11.9 Å². The molecular formula is C17H17N3. The third-order valence-corrected chi connectivity index (χ3v) is 3.48. The third-order valence-electron chi connectivity index (χ3n) is 3.48. The van der Waals surface area contributed by atoms with Crippen molar-refractivity contribution >= 4 is 5.69 Å². The molecule has 0 saturated heterocycles. The minimum atomic E-state index is 0.779. The van der Waals surface area contributed by atoms with Crippen LogP contribution in [0.5, 0.6) is 0 Å². The Morgan fingerprint density at radius 2 is 1.70 bits per heavy atom. The van der Waals surface area contributed by atoms with Gasteiger partial charge in [0.1, 0.15) is 5.82 Å². The van der Waals surface area contributed by atoms with Gasteiger partial charge in [-0.15, -0.1) is 0 Å². The zero-order valence-corrected chi connectivity index (χ0v) is 11.5. The first kappa shape index (κ1) is 12.5. The summed E-state index contributed by atoms with van der Waals surface area (Å²) in [6.45, 7) is 2.82. The maximum absolute atomic E-state index is 6.08. The van der Waals surface area contributed by atoms with Gasteiger partial charge in [-0.25, -0.2) is 4.98 Å². The minimum absolute atomic E-state index is 0.779. The van der Waals surface area contributed by atoms with Crippen molar-refractivity contribution in [3.05, 3.63) is 72.2 Å². The fourth-order valence-corrected chi connectivity index (χ4v) is 2.38. The van der Waals surface area contributed by atoms with Crippen LogP contribution in [0.15, 0.2) is 60.8 Å². The normalized spacial score (nSPS) is 10.7. The summed E-state index contributed by atoms with van der Waals surface area (Å²) < 4.78 is 2.20. The molecule has 0 amide bonds. The molecule has 0 aliphatic heterocycles. The van der Waals surface area contributed by atoms with E-state index in [-0.39, 0.29) is 0 Å². The maximum atomic E-state index is 6.08. The molecule has 0 fully saturated rings. The summed E-state index contributed by atoms with van der Waals surface area (Å²) in [5.74, 6) is 0.993. The van der Waals surface area contributed by atoms with E-state index in [1.54, 1.807) is 0 Å². The van der Waals surface area contributed by atoms with Gasteiger partial charge in [-0.05, 0) is 18.6 Å². The van der Waals surface area contributed by atoms with E-state index in [2.05, 4.69) is 33.8 Å². The van der Waals surface area contributed by atoms with Gasteiger partial charge in [-0.1, -0.05) is 48.5 Å². The largest absolute Gasteiger partial charge is 0.398 e. The van der Waals surface area contributed by atoms with E-state index in [9.17, 15) is 0 Å². The SMILES string of the molecule is Cc1ncc(-c2ccccc2N)n1Cc1ccccc1. The number of imidazole rings is 1. The summed E-state index contributed by atoms with van der Waals surface area (Å²) in [6, 6.07) is 18.3. The number of anilines is 1. The highest BCUT2D eigenvalue weighted by molar-refractivity contribution is 5.73. The van der Waals surface area contributed by atoms with Crippen molar-refractivity contribution in [2.24, 2.45) is 0 Å². The van der Waals surface area contributed by atoms with E-state index in [0.29, 0.717) is 0 Å². The predicted molar refractivity (Wildman–Crippen MR) is 82.4 cm³/mol. The number of aromatic nitrogens is 2.